The summed E-state index contributed by atoms with van der Waals surface area (Å²) in [5, 5.41) is 3.19. The third-order valence-electron chi connectivity index (χ3n) is 3.41. The van der Waals surface area contributed by atoms with E-state index >= 15 is 0 Å². The van der Waals surface area contributed by atoms with Crippen LogP contribution in [0.2, 0.25) is 0 Å². The van der Waals surface area contributed by atoms with Crippen molar-refractivity contribution in [1.82, 2.24) is 4.90 Å². The van der Waals surface area contributed by atoms with Crippen molar-refractivity contribution in [3.8, 4) is 0 Å². The molecular formula is C15H20N2O2. The molecule has 19 heavy (non-hydrogen) atoms. The van der Waals surface area contributed by atoms with Gasteiger partial charge in [0.2, 0.25) is 5.91 Å². The Kier molecular flexibility index (Phi) is 3.60. The molecule has 0 aliphatic carbocycles. The van der Waals surface area contributed by atoms with E-state index in [0.717, 1.165) is 11.3 Å². The number of rotatable bonds is 3. The zero-order valence-electron chi connectivity index (χ0n) is 11.9. The van der Waals surface area contributed by atoms with Crippen molar-refractivity contribution in [3.63, 3.8) is 0 Å². The first-order valence-electron chi connectivity index (χ1n) is 6.60. The number of amides is 2. The van der Waals surface area contributed by atoms with Crippen molar-refractivity contribution in [2.75, 3.05) is 5.32 Å². The SMILES string of the molecule is Cc1ccc(NC2CC(=O)N(C(C)C)C2=O)c(C)c1. The van der Waals surface area contributed by atoms with Crippen molar-refractivity contribution in [2.45, 2.75) is 46.2 Å². The maximum Gasteiger partial charge on any atom is 0.252 e. The van der Waals surface area contributed by atoms with Gasteiger partial charge in [0.15, 0.2) is 0 Å². The van der Waals surface area contributed by atoms with Crippen LogP contribution in [0.5, 0.6) is 0 Å². The van der Waals surface area contributed by atoms with Crippen LogP contribution in [-0.2, 0) is 9.59 Å². The number of hydrogen-bond acceptors (Lipinski definition) is 3. The van der Waals surface area contributed by atoms with Crippen molar-refractivity contribution in [3.05, 3.63) is 29.3 Å². The number of carbonyl (C=O) groups is 2. The molecular weight excluding hydrogens is 240 g/mol. The summed E-state index contributed by atoms with van der Waals surface area (Å²) in [7, 11) is 0. The Morgan fingerprint density at radius 1 is 1.26 bits per heavy atom. The number of benzene rings is 1. The number of aryl methyl sites for hydroxylation is 2. The lowest BCUT2D eigenvalue weighted by molar-refractivity contribution is -0.140. The maximum atomic E-state index is 12.2. The molecule has 4 heteroatoms. The van der Waals surface area contributed by atoms with Crippen molar-refractivity contribution in [2.24, 2.45) is 0 Å². The van der Waals surface area contributed by atoms with Gasteiger partial charge < -0.3 is 5.32 Å². The van der Waals surface area contributed by atoms with Crippen LogP contribution in [0, 0.1) is 13.8 Å². The lowest BCUT2D eigenvalue weighted by Gasteiger charge is -2.20. The third kappa shape index (κ3) is 2.62. The minimum Gasteiger partial charge on any atom is -0.373 e. The molecule has 2 rings (SSSR count). The molecule has 2 amide bonds. The average molecular weight is 260 g/mol. The molecule has 1 aromatic carbocycles. The molecule has 0 bridgehead atoms. The molecule has 1 unspecified atom stereocenters. The Morgan fingerprint density at radius 2 is 1.95 bits per heavy atom. The predicted molar refractivity (Wildman–Crippen MR) is 74.9 cm³/mol. The Bertz CT molecular complexity index is 523. The Balaban J connectivity index is 2.16. The lowest BCUT2D eigenvalue weighted by Crippen LogP contribution is -2.39. The highest BCUT2D eigenvalue weighted by Crippen LogP contribution is 2.23. The number of nitrogens with one attached hydrogen (secondary N) is 1. The van der Waals surface area contributed by atoms with E-state index in [-0.39, 0.29) is 24.3 Å². The summed E-state index contributed by atoms with van der Waals surface area (Å²) in [4.78, 5) is 25.4. The van der Waals surface area contributed by atoms with E-state index in [9.17, 15) is 9.59 Å². The summed E-state index contributed by atoms with van der Waals surface area (Å²) in [6, 6.07) is 5.50. The Hall–Kier alpha value is -1.84. The highest BCUT2D eigenvalue weighted by Gasteiger charge is 2.39. The first-order chi connectivity index (χ1) is 8.90. The molecule has 1 aliphatic rings. The van der Waals surface area contributed by atoms with E-state index in [4.69, 9.17) is 0 Å². The minimum atomic E-state index is -0.434. The second-order valence-corrected chi connectivity index (χ2v) is 5.42. The van der Waals surface area contributed by atoms with E-state index < -0.39 is 6.04 Å². The number of nitrogens with zero attached hydrogens (tertiary/aromatic N) is 1. The van der Waals surface area contributed by atoms with Crippen LogP contribution in [-0.4, -0.2) is 28.8 Å². The van der Waals surface area contributed by atoms with Crippen LogP contribution in [0.3, 0.4) is 0 Å². The smallest absolute Gasteiger partial charge is 0.252 e. The van der Waals surface area contributed by atoms with E-state index in [0.29, 0.717) is 0 Å². The van der Waals surface area contributed by atoms with E-state index in [1.54, 1.807) is 0 Å². The van der Waals surface area contributed by atoms with Gasteiger partial charge in [-0.25, -0.2) is 0 Å². The van der Waals surface area contributed by atoms with Gasteiger partial charge >= 0.3 is 0 Å². The van der Waals surface area contributed by atoms with Crippen LogP contribution in [0.25, 0.3) is 0 Å². The van der Waals surface area contributed by atoms with Crippen LogP contribution in [0.1, 0.15) is 31.4 Å². The van der Waals surface area contributed by atoms with Gasteiger partial charge in [0.25, 0.3) is 5.91 Å². The summed E-state index contributed by atoms with van der Waals surface area (Å²) in [5.41, 5.74) is 3.19. The largest absolute Gasteiger partial charge is 0.373 e. The zero-order chi connectivity index (χ0) is 14.2. The lowest BCUT2D eigenvalue weighted by atomic mass is 10.1. The molecule has 0 radical (unpaired) electrons. The molecule has 1 fully saturated rings. The van der Waals surface area contributed by atoms with Crippen molar-refractivity contribution < 1.29 is 9.59 Å². The third-order valence-corrected chi connectivity index (χ3v) is 3.41. The van der Waals surface area contributed by atoms with Gasteiger partial charge in [-0.05, 0) is 39.3 Å². The van der Waals surface area contributed by atoms with E-state index in [1.165, 1.54) is 10.5 Å². The molecule has 0 saturated carbocycles. The van der Waals surface area contributed by atoms with Crippen molar-refractivity contribution in [1.29, 1.82) is 0 Å². The van der Waals surface area contributed by atoms with Gasteiger partial charge in [0, 0.05) is 11.7 Å². The molecule has 1 atom stereocenters. The fraction of sp³-hybridized carbons (Fsp3) is 0.467. The van der Waals surface area contributed by atoms with Gasteiger partial charge in [-0.2, -0.15) is 0 Å². The predicted octanol–water partition coefficient (Wildman–Crippen LogP) is 2.25. The van der Waals surface area contributed by atoms with Gasteiger partial charge in [0.05, 0.1) is 6.42 Å². The summed E-state index contributed by atoms with van der Waals surface area (Å²) in [6.07, 6.45) is 0.240. The van der Waals surface area contributed by atoms with E-state index in [2.05, 4.69) is 11.4 Å². The monoisotopic (exact) mass is 260 g/mol. The second-order valence-electron chi connectivity index (χ2n) is 5.42. The molecule has 0 spiro atoms. The van der Waals surface area contributed by atoms with Gasteiger partial charge in [-0.15, -0.1) is 0 Å². The first kappa shape index (κ1) is 13.6. The summed E-state index contributed by atoms with van der Waals surface area (Å²) < 4.78 is 0. The highest BCUT2D eigenvalue weighted by atomic mass is 16.2. The summed E-state index contributed by atoms with van der Waals surface area (Å²) in [5.74, 6) is -0.220. The van der Waals surface area contributed by atoms with Crippen LogP contribution >= 0.6 is 0 Å². The van der Waals surface area contributed by atoms with E-state index in [1.807, 2.05) is 39.8 Å². The molecule has 1 N–H and O–H groups in total. The molecule has 1 saturated heterocycles. The summed E-state index contributed by atoms with van der Waals surface area (Å²) in [6.45, 7) is 7.74. The average Bonchev–Trinajstić information content (AvgIpc) is 2.58. The normalized spacial score (nSPS) is 19.4. The topological polar surface area (TPSA) is 49.4 Å². The molecule has 1 heterocycles. The van der Waals surface area contributed by atoms with Crippen LogP contribution in [0.4, 0.5) is 5.69 Å². The Labute approximate surface area is 113 Å². The maximum absolute atomic E-state index is 12.2. The van der Waals surface area contributed by atoms with Crippen LogP contribution in [0.15, 0.2) is 18.2 Å². The first-order valence-corrected chi connectivity index (χ1v) is 6.60. The van der Waals surface area contributed by atoms with Crippen LogP contribution < -0.4 is 5.32 Å². The van der Waals surface area contributed by atoms with Gasteiger partial charge in [-0.1, -0.05) is 17.7 Å². The molecule has 1 aromatic rings. The molecule has 4 nitrogen and oxygen atoms in total. The quantitative estimate of drug-likeness (QED) is 0.848. The number of anilines is 1. The fourth-order valence-electron chi connectivity index (χ4n) is 2.47. The number of imide groups is 1. The van der Waals surface area contributed by atoms with Crippen molar-refractivity contribution >= 4 is 17.5 Å². The summed E-state index contributed by atoms with van der Waals surface area (Å²) >= 11 is 0. The van der Waals surface area contributed by atoms with Gasteiger partial charge in [0.1, 0.15) is 6.04 Å². The fourth-order valence-corrected chi connectivity index (χ4v) is 2.47. The molecule has 102 valence electrons. The zero-order valence-corrected chi connectivity index (χ0v) is 11.9. The number of hydrogen-bond donors (Lipinski definition) is 1. The number of carbonyl (C=O) groups excluding carboxylic acids is 2. The minimum absolute atomic E-state index is 0.0779. The van der Waals surface area contributed by atoms with Gasteiger partial charge in [-0.3, -0.25) is 14.5 Å². The number of likely N-dealkylation sites (tertiary alicyclic amines) is 1. The Morgan fingerprint density at radius 3 is 2.47 bits per heavy atom. The highest BCUT2D eigenvalue weighted by molar-refractivity contribution is 6.07. The standard InChI is InChI=1S/C15H20N2O2/c1-9(2)17-14(18)8-13(15(17)19)16-12-6-5-10(3)7-11(12)4/h5-7,9,13,16H,8H2,1-4H3. The molecule has 0 aromatic heterocycles. The molecule has 1 aliphatic heterocycles. The second kappa shape index (κ2) is 5.03.